The fraction of sp³-hybridized carbons (Fsp3) is 0.333. The first-order valence-corrected chi connectivity index (χ1v) is 6.22. The molecule has 0 amide bonds. The van der Waals surface area contributed by atoms with Crippen molar-refractivity contribution < 1.29 is 22.3 Å². The highest BCUT2D eigenvalue weighted by atomic mass is 32.2. The van der Waals surface area contributed by atoms with Crippen LogP contribution in [0.25, 0.3) is 0 Å². The maximum atomic E-state index is 13.7. The van der Waals surface area contributed by atoms with Crippen LogP contribution in [0.2, 0.25) is 0 Å². The number of benzene rings is 1. The van der Waals surface area contributed by atoms with Gasteiger partial charge in [0.25, 0.3) is 0 Å². The molecule has 16 heavy (non-hydrogen) atoms. The van der Waals surface area contributed by atoms with E-state index in [1.54, 1.807) is 0 Å². The molecular weight excluding hydrogens is 240 g/mol. The number of halogens is 2. The summed E-state index contributed by atoms with van der Waals surface area (Å²) in [5.74, 6) is -2.42. The van der Waals surface area contributed by atoms with E-state index in [2.05, 4.69) is 0 Å². The molecule has 1 atom stereocenters. The van der Waals surface area contributed by atoms with Crippen molar-refractivity contribution in [3.05, 3.63) is 29.3 Å². The minimum Gasteiger partial charge on any atom is -0.394 e. The van der Waals surface area contributed by atoms with Gasteiger partial charge in [-0.2, -0.15) is 0 Å². The zero-order chi connectivity index (χ0) is 12.5. The van der Waals surface area contributed by atoms with E-state index in [-0.39, 0.29) is 5.56 Å². The number of hydrogen-bond acceptors (Lipinski definition) is 4. The minimum atomic E-state index is -4.02. The van der Waals surface area contributed by atoms with Crippen molar-refractivity contribution in [1.82, 2.24) is 0 Å². The highest BCUT2D eigenvalue weighted by Crippen LogP contribution is 2.24. The Labute approximate surface area is 91.6 Å². The average Bonchev–Trinajstić information content (AvgIpc) is 2.14. The molecule has 1 aromatic rings. The summed E-state index contributed by atoms with van der Waals surface area (Å²) in [6.45, 7) is -0.564. The zero-order valence-electron chi connectivity index (χ0n) is 8.44. The van der Waals surface area contributed by atoms with Gasteiger partial charge in [0.1, 0.15) is 16.5 Å². The molecule has 1 unspecified atom stereocenters. The molecule has 0 aromatic heterocycles. The molecule has 4 nitrogen and oxygen atoms in total. The van der Waals surface area contributed by atoms with Gasteiger partial charge in [-0.15, -0.1) is 0 Å². The minimum absolute atomic E-state index is 0.232. The molecule has 0 fully saturated rings. The Hall–Kier alpha value is -1.05. The summed E-state index contributed by atoms with van der Waals surface area (Å²) in [6, 6.07) is 0.742. The van der Waals surface area contributed by atoms with Gasteiger partial charge in [0.05, 0.1) is 12.6 Å². The summed E-state index contributed by atoms with van der Waals surface area (Å²) in [7, 11) is -4.02. The molecule has 0 heterocycles. The fourth-order valence-corrected chi connectivity index (χ4v) is 2.14. The topological polar surface area (TPSA) is 80.4 Å². The number of hydrogen-bond donors (Lipinski definition) is 2. The van der Waals surface area contributed by atoms with Crippen LogP contribution in [-0.4, -0.2) is 26.4 Å². The van der Waals surface area contributed by atoms with Crippen molar-refractivity contribution in [3.63, 3.8) is 0 Å². The van der Waals surface area contributed by atoms with Crippen LogP contribution >= 0.6 is 0 Å². The molecule has 90 valence electrons. The van der Waals surface area contributed by atoms with Crippen LogP contribution in [0.15, 0.2) is 17.0 Å². The third-order valence-corrected chi connectivity index (χ3v) is 3.16. The van der Waals surface area contributed by atoms with Crippen molar-refractivity contribution >= 4 is 9.84 Å². The molecule has 0 radical (unpaired) electrons. The van der Waals surface area contributed by atoms with Gasteiger partial charge in [-0.1, -0.05) is 6.07 Å². The normalized spacial score (nSPS) is 13.8. The second-order valence-corrected chi connectivity index (χ2v) is 5.29. The van der Waals surface area contributed by atoms with E-state index < -0.39 is 39.0 Å². The fourth-order valence-electron chi connectivity index (χ4n) is 1.27. The van der Waals surface area contributed by atoms with Crippen LogP contribution in [0.5, 0.6) is 0 Å². The summed E-state index contributed by atoms with van der Waals surface area (Å²) in [5.41, 5.74) is 5.12. The maximum Gasteiger partial charge on any atom is 0.181 e. The van der Waals surface area contributed by atoms with E-state index in [1.165, 1.54) is 0 Å². The second-order valence-electron chi connectivity index (χ2n) is 3.34. The van der Waals surface area contributed by atoms with Gasteiger partial charge in [-0.25, -0.2) is 17.2 Å². The number of aliphatic hydroxyl groups excluding tert-OH is 1. The standard InChI is InChI=1S/C9H11F2NO3S/c1-16(14,15)9-6(10)3-2-5(8(9)11)7(12)4-13/h2-3,7,13H,4,12H2,1H3. The molecular formula is C9H11F2NO3S. The summed E-state index contributed by atoms with van der Waals surface area (Å²) in [4.78, 5) is -1.02. The predicted molar refractivity (Wildman–Crippen MR) is 53.5 cm³/mol. The Kier molecular flexibility index (Phi) is 3.61. The van der Waals surface area contributed by atoms with Crippen LogP contribution in [-0.2, 0) is 9.84 Å². The number of aliphatic hydroxyl groups is 1. The molecule has 0 aliphatic carbocycles. The first-order chi connectivity index (χ1) is 7.29. The lowest BCUT2D eigenvalue weighted by atomic mass is 10.1. The first kappa shape index (κ1) is 13.0. The van der Waals surface area contributed by atoms with Crippen molar-refractivity contribution in [1.29, 1.82) is 0 Å². The summed E-state index contributed by atoms with van der Waals surface area (Å²) in [5, 5.41) is 8.74. The van der Waals surface area contributed by atoms with Crippen LogP contribution in [0, 0.1) is 11.6 Å². The summed E-state index contributed by atoms with van der Waals surface area (Å²) >= 11 is 0. The van der Waals surface area contributed by atoms with E-state index in [4.69, 9.17) is 10.8 Å². The molecule has 0 saturated carbocycles. The smallest absolute Gasteiger partial charge is 0.181 e. The Balaban J connectivity index is 3.51. The van der Waals surface area contributed by atoms with Crippen molar-refractivity contribution in [2.75, 3.05) is 12.9 Å². The predicted octanol–water partition coefficient (Wildman–Crippen LogP) is 0.360. The van der Waals surface area contributed by atoms with Gasteiger partial charge < -0.3 is 10.8 Å². The van der Waals surface area contributed by atoms with Crippen molar-refractivity contribution in [2.45, 2.75) is 10.9 Å². The van der Waals surface area contributed by atoms with Crippen LogP contribution in [0.4, 0.5) is 8.78 Å². The second kappa shape index (κ2) is 4.44. The Morgan fingerprint density at radius 2 is 2.00 bits per heavy atom. The molecule has 0 aliphatic heterocycles. The number of rotatable bonds is 3. The zero-order valence-corrected chi connectivity index (χ0v) is 9.26. The Morgan fingerprint density at radius 3 is 2.44 bits per heavy atom. The van der Waals surface area contributed by atoms with E-state index in [9.17, 15) is 17.2 Å². The molecule has 1 rings (SSSR count). The molecule has 0 saturated heterocycles. The summed E-state index contributed by atoms with van der Waals surface area (Å²) in [6.07, 6.45) is 0.697. The third-order valence-electron chi connectivity index (χ3n) is 2.05. The van der Waals surface area contributed by atoms with Gasteiger partial charge in [0, 0.05) is 11.8 Å². The van der Waals surface area contributed by atoms with E-state index in [0.29, 0.717) is 6.26 Å². The van der Waals surface area contributed by atoms with Gasteiger partial charge in [-0.3, -0.25) is 0 Å². The molecule has 0 spiro atoms. The van der Waals surface area contributed by atoms with Crippen LogP contribution in [0.3, 0.4) is 0 Å². The van der Waals surface area contributed by atoms with Crippen LogP contribution < -0.4 is 5.73 Å². The quantitative estimate of drug-likeness (QED) is 0.812. The monoisotopic (exact) mass is 251 g/mol. The molecule has 1 aromatic carbocycles. The van der Waals surface area contributed by atoms with Gasteiger partial charge >= 0.3 is 0 Å². The van der Waals surface area contributed by atoms with Crippen molar-refractivity contribution in [2.24, 2.45) is 5.73 Å². The van der Waals surface area contributed by atoms with E-state index in [1.807, 2.05) is 0 Å². The molecule has 0 aliphatic rings. The summed E-state index contributed by atoms with van der Waals surface area (Å²) < 4.78 is 49.1. The lowest BCUT2D eigenvalue weighted by Gasteiger charge is -2.12. The van der Waals surface area contributed by atoms with Crippen molar-refractivity contribution in [3.8, 4) is 0 Å². The van der Waals surface area contributed by atoms with Gasteiger partial charge in [-0.05, 0) is 6.07 Å². The van der Waals surface area contributed by atoms with Gasteiger partial charge in [0.2, 0.25) is 0 Å². The van der Waals surface area contributed by atoms with E-state index in [0.717, 1.165) is 12.1 Å². The lowest BCUT2D eigenvalue weighted by Crippen LogP contribution is -2.18. The average molecular weight is 251 g/mol. The van der Waals surface area contributed by atoms with E-state index >= 15 is 0 Å². The highest BCUT2D eigenvalue weighted by Gasteiger charge is 2.24. The molecule has 0 bridgehead atoms. The molecule has 7 heteroatoms. The maximum absolute atomic E-state index is 13.7. The lowest BCUT2D eigenvalue weighted by molar-refractivity contribution is 0.264. The Morgan fingerprint density at radius 1 is 1.44 bits per heavy atom. The Bertz CT molecular complexity index is 502. The third kappa shape index (κ3) is 2.37. The number of sulfone groups is 1. The first-order valence-electron chi connectivity index (χ1n) is 4.33. The SMILES string of the molecule is CS(=O)(=O)c1c(F)ccc(C(N)CO)c1F. The molecule has 3 N–H and O–H groups in total. The largest absolute Gasteiger partial charge is 0.394 e. The number of nitrogens with two attached hydrogens (primary N) is 1. The highest BCUT2D eigenvalue weighted by molar-refractivity contribution is 7.90. The van der Waals surface area contributed by atoms with Gasteiger partial charge in [0.15, 0.2) is 9.84 Å². The van der Waals surface area contributed by atoms with Crippen LogP contribution in [0.1, 0.15) is 11.6 Å².